The molecule has 180 valence electrons. The van der Waals surface area contributed by atoms with Crippen LogP contribution in [0.2, 0.25) is 0 Å². The molecular weight excluding hydrogens is 439 g/mol. The largest absolute Gasteiger partial charge is 0.416 e. The predicted molar refractivity (Wildman–Crippen MR) is 128 cm³/mol. The summed E-state index contributed by atoms with van der Waals surface area (Å²) >= 11 is 0. The number of carbonyl (C=O) groups is 1. The van der Waals surface area contributed by atoms with Gasteiger partial charge in [-0.3, -0.25) is 0 Å². The van der Waals surface area contributed by atoms with E-state index >= 15 is 0 Å². The number of hydrogen-bond acceptors (Lipinski definition) is 1. The number of alkyl halides is 3. The molecule has 1 fully saturated rings. The van der Waals surface area contributed by atoms with Crippen molar-refractivity contribution in [2.45, 2.75) is 64.3 Å². The van der Waals surface area contributed by atoms with Crippen LogP contribution in [0.4, 0.5) is 23.7 Å². The molecule has 1 saturated carbocycles. The maximum atomic E-state index is 13.3. The van der Waals surface area contributed by atoms with Gasteiger partial charge in [-0.15, -0.1) is 0 Å². The maximum Gasteiger partial charge on any atom is 0.416 e. The van der Waals surface area contributed by atoms with Crippen molar-refractivity contribution >= 4 is 11.7 Å². The Balaban J connectivity index is 1.55. The average Bonchev–Trinajstić information content (AvgIpc) is 3.25. The van der Waals surface area contributed by atoms with Crippen LogP contribution in [0.25, 0.3) is 0 Å². The van der Waals surface area contributed by atoms with Crippen LogP contribution >= 0.6 is 0 Å². The molecule has 0 unspecified atom stereocenters. The van der Waals surface area contributed by atoms with Crippen molar-refractivity contribution in [2.75, 3.05) is 5.32 Å². The highest BCUT2D eigenvalue weighted by Crippen LogP contribution is 2.31. The van der Waals surface area contributed by atoms with E-state index < -0.39 is 11.7 Å². The highest BCUT2D eigenvalue weighted by atomic mass is 19.4. The molecular formula is C27H30F3N3O. The standard InChI is InChI=1S/C27H30F3N3O/c1-20-9-5-6-10-21(20)18-32-16-8-15-25(32)19-33(24-13-3-2-4-14-24)26(34)31-23-12-7-11-22(17-23)27(28,29)30/h5-12,15-17,24H,2-4,13-14,18-19H2,1H3,(H,31,34). The second-order valence-corrected chi connectivity index (χ2v) is 8.98. The Morgan fingerprint density at radius 1 is 1.03 bits per heavy atom. The van der Waals surface area contributed by atoms with E-state index in [-0.39, 0.29) is 17.8 Å². The van der Waals surface area contributed by atoms with E-state index in [1.54, 1.807) is 4.90 Å². The van der Waals surface area contributed by atoms with E-state index in [0.29, 0.717) is 13.1 Å². The van der Waals surface area contributed by atoms with E-state index in [9.17, 15) is 18.0 Å². The van der Waals surface area contributed by atoms with Gasteiger partial charge in [-0.1, -0.05) is 49.6 Å². The van der Waals surface area contributed by atoms with Crippen molar-refractivity contribution in [1.82, 2.24) is 9.47 Å². The summed E-state index contributed by atoms with van der Waals surface area (Å²) in [7, 11) is 0. The fourth-order valence-electron chi connectivity index (χ4n) is 4.62. The van der Waals surface area contributed by atoms with E-state index in [4.69, 9.17) is 0 Å². The molecule has 0 spiro atoms. The monoisotopic (exact) mass is 469 g/mol. The van der Waals surface area contributed by atoms with Crippen LogP contribution in [0.5, 0.6) is 0 Å². The first-order valence-electron chi connectivity index (χ1n) is 11.7. The molecule has 4 nitrogen and oxygen atoms in total. The summed E-state index contributed by atoms with van der Waals surface area (Å²) in [5.41, 5.74) is 2.77. The van der Waals surface area contributed by atoms with Crippen LogP contribution in [0, 0.1) is 6.92 Å². The molecule has 2 aromatic carbocycles. The Hall–Kier alpha value is -3.22. The lowest BCUT2D eigenvalue weighted by molar-refractivity contribution is -0.137. The molecule has 2 amide bonds. The number of carbonyl (C=O) groups excluding carboxylic acids is 1. The Labute approximate surface area is 198 Å². The van der Waals surface area contributed by atoms with Gasteiger partial charge in [-0.05, 0) is 61.2 Å². The number of halogens is 3. The lowest BCUT2D eigenvalue weighted by Crippen LogP contribution is -2.43. The number of rotatable bonds is 6. The molecule has 1 aliphatic carbocycles. The first kappa shape index (κ1) is 23.9. The van der Waals surface area contributed by atoms with Crippen molar-refractivity contribution in [1.29, 1.82) is 0 Å². The summed E-state index contributed by atoms with van der Waals surface area (Å²) < 4.78 is 41.5. The first-order chi connectivity index (χ1) is 16.3. The summed E-state index contributed by atoms with van der Waals surface area (Å²) in [5.74, 6) is 0. The number of aromatic nitrogens is 1. The van der Waals surface area contributed by atoms with E-state index in [1.165, 1.54) is 23.3 Å². The Morgan fingerprint density at radius 2 is 1.79 bits per heavy atom. The Kier molecular flexibility index (Phi) is 7.29. The number of nitrogens with zero attached hydrogens (tertiary/aromatic N) is 2. The summed E-state index contributed by atoms with van der Waals surface area (Å²) in [6, 6.07) is 16.7. The lowest BCUT2D eigenvalue weighted by atomic mass is 9.94. The molecule has 1 heterocycles. The number of urea groups is 1. The summed E-state index contributed by atoms with van der Waals surface area (Å²) in [6.07, 6.45) is 2.57. The van der Waals surface area contributed by atoms with Crippen molar-refractivity contribution in [3.8, 4) is 0 Å². The molecule has 1 aliphatic rings. The van der Waals surface area contributed by atoms with Crippen LogP contribution in [0.1, 0.15) is 54.5 Å². The second-order valence-electron chi connectivity index (χ2n) is 8.98. The highest BCUT2D eigenvalue weighted by molar-refractivity contribution is 5.89. The lowest BCUT2D eigenvalue weighted by Gasteiger charge is -2.34. The van der Waals surface area contributed by atoms with Crippen LogP contribution in [0.15, 0.2) is 66.9 Å². The average molecular weight is 470 g/mol. The van der Waals surface area contributed by atoms with Crippen LogP contribution in [-0.4, -0.2) is 21.5 Å². The normalized spacial score (nSPS) is 14.7. The zero-order valence-electron chi connectivity index (χ0n) is 19.3. The molecule has 0 radical (unpaired) electrons. The van der Waals surface area contributed by atoms with Gasteiger partial charge in [0.05, 0.1) is 12.1 Å². The molecule has 0 saturated heterocycles. The second kappa shape index (κ2) is 10.4. The third-order valence-corrected chi connectivity index (χ3v) is 6.58. The van der Waals surface area contributed by atoms with Crippen LogP contribution in [-0.2, 0) is 19.3 Å². The molecule has 4 rings (SSSR count). The van der Waals surface area contributed by atoms with E-state index in [0.717, 1.165) is 49.9 Å². The zero-order chi connectivity index (χ0) is 24.1. The molecule has 0 bridgehead atoms. The molecule has 7 heteroatoms. The van der Waals surface area contributed by atoms with Gasteiger partial charge in [-0.2, -0.15) is 13.2 Å². The van der Waals surface area contributed by atoms with Crippen LogP contribution < -0.4 is 5.32 Å². The minimum Gasteiger partial charge on any atom is -0.345 e. The third-order valence-electron chi connectivity index (χ3n) is 6.58. The fraction of sp³-hybridized carbons (Fsp3) is 0.370. The number of aryl methyl sites for hydroxylation is 1. The molecule has 1 aromatic heterocycles. The quantitative estimate of drug-likeness (QED) is 0.406. The van der Waals surface area contributed by atoms with Crippen molar-refractivity contribution in [3.05, 3.63) is 89.2 Å². The van der Waals surface area contributed by atoms with Gasteiger partial charge in [0.25, 0.3) is 0 Å². The zero-order valence-corrected chi connectivity index (χ0v) is 19.3. The molecule has 34 heavy (non-hydrogen) atoms. The Morgan fingerprint density at radius 3 is 2.53 bits per heavy atom. The van der Waals surface area contributed by atoms with Gasteiger partial charge >= 0.3 is 12.2 Å². The van der Waals surface area contributed by atoms with Gasteiger partial charge < -0.3 is 14.8 Å². The smallest absolute Gasteiger partial charge is 0.345 e. The van der Waals surface area contributed by atoms with Gasteiger partial charge in [0.2, 0.25) is 0 Å². The topological polar surface area (TPSA) is 37.3 Å². The van der Waals surface area contributed by atoms with Crippen molar-refractivity contribution in [2.24, 2.45) is 0 Å². The van der Waals surface area contributed by atoms with Gasteiger partial charge in [0, 0.05) is 30.2 Å². The number of benzene rings is 2. The number of hydrogen-bond donors (Lipinski definition) is 1. The highest BCUT2D eigenvalue weighted by Gasteiger charge is 2.31. The van der Waals surface area contributed by atoms with E-state index in [1.807, 2.05) is 30.5 Å². The maximum absolute atomic E-state index is 13.3. The SMILES string of the molecule is Cc1ccccc1Cn1cccc1CN(C(=O)Nc1cccc(C(F)(F)F)c1)C1CCCCC1. The first-order valence-corrected chi connectivity index (χ1v) is 11.7. The van der Waals surface area contributed by atoms with Crippen LogP contribution in [0.3, 0.4) is 0 Å². The molecule has 3 aromatic rings. The molecule has 0 atom stereocenters. The summed E-state index contributed by atoms with van der Waals surface area (Å²) in [4.78, 5) is 15.1. The predicted octanol–water partition coefficient (Wildman–Crippen LogP) is 7.23. The summed E-state index contributed by atoms with van der Waals surface area (Å²) in [5, 5.41) is 2.72. The fourth-order valence-corrected chi connectivity index (χ4v) is 4.62. The molecule has 1 N–H and O–H groups in total. The number of anilines is 1. The van der Waals surface area contributed by atoms with Gasteiger partial charge in [0.1, 0.15) is 0 Å². The van der Waals surface area contributed by atoms with Crippen molar-refractivity contribution in [3.63, 3.8) is 0 Å². The van der Waals surface area contributed by atoms with E-state index in [2.05, 4.69) is 28.9 Å². The number of nitrogens with one attached hydrogen (secondary N) is 1. The van der Waals surface area contributed by atoms with Crippen molar-refractivity contribution < 1.29 is 18.0 Å². The van der Waals surface area contributed by atoms with Gasteiger partial charge in [-0.25, -0.2) is 4.79 Å². The number of amides is 2. The summed E-state index contributed by atoms with van der Waals surface area (Å²) in [6.45, 7) is 3.17. The van der Waals surface area contributed by atoms with Gasteiger partial charge in [0.15, 0.2) is 0 Å². The molecule has 0 aliphatic heterocycles. The third kappa shape index (κ3) is 5.82. The minimum atomic E-state index is -4.46. The minimum absolute atomic E-state index is 0.0568. The Bertz CT molecular complexity index is 1120.